The second-order valence-electron chi connectivity index (χ2n) is 6.61. The van der Waals surface area contributed by atoms with Crippen LogP contribution in [0, 0.1) is 0 Å². The number of benzene rings is 1. The van der Waals surface area contributed by atoms with Gasteiger partial charge in [0.15, 0.2) is 0 Å². The molecule has 0 aliphatic rings. The van der Waals surface area contributed by atoms with Crippen molar-refractivity contribution in [2.75, 3.05) is 18.4 Å². The first-order valence-corrected chi connectivity index (χ1v) is 10.6. The van der Waals surface area contributed by atoms with Crippen LogP contribution in [0.25, 0.3) is 10.6 Å². The zero-order valence-corrected chi connectivity index (χ0v) is 17.6. The van der Waals surface area contributed by atoms with Crippen LogP contribution in [0.5, 0.6) is 0 Å². The van der Waals surface area contributed by atoms with E-state index in [0.717, 1.165) is 29.8 Å². The number of rotatable bonds is 10. The third kappa shape index (κ3) is 6.60. The molecule has 0 aliphatic carbocycles. The number of aromatic nitrogens is 2. The molecule has 0 saturated heterocycles. The minimum atomic E-state index is -0.176. The summed E-state index contributed by atoms with van der Waals surface area (Å²) in [6.45, 7) is 7.13. The predicted octanol–water partition coefficient (Wildman–Crippen LogP) is 4.14. The number of urea groups is 1. The number of nitrogens with one attached hydrogen (secondary N) is 2. The summed E-state index contributed by atoms with van der Waals surface area (Å²) in [5.74, 6) is -0.176. The van der Waals surface area contributed by atoms with Crippen molar-refractivity contribution in [2.24, 2.45) is 0 Å². The van der Waals surface area contributed by atoms with Crippen molar-refractivity contribution in [3.8, 4) is 10.6 Å². The Bertz CT molecular complexity index is 750. The Kier molecular flexibility index (Phi) is 8.87. The van der Waals surface area contributed by atoms with Gasteiger partial charge in [0.05, 0.1) is 0 Å². The lowest BCUT2D eigenvalue weighted by atomic mass is 10.2. The van der Waals surface area contributed by atoms with Crippen LogP contribution >= 0.6 is 11.3 Å². The van der Waals surface area contributed by atoms with E-state index in [1.807, 2.05) is 44.2 Å². The van der Waals surface area contributed by atoms with Crippen molar-refractivity contribution >= 4 is 28.4 Å². The maximum atomic E-state index is 12.4. The maximum Gasteiger partial charge on any atom is 0.317 e. The van der Waals surface area contributed by atoms with Crippen molar-refractivity contribution in [2.45, 2.75) is 52.5 Å². The first-order chi connectivity index (χ1) is 13.5. The molecule has 7 nitrogen and oxygen atoms in total. The van der Waals surface area contributed by atoms with Gasteiger partial charge in [0.2, 0.25) is 11.0 Å². The number of unbranched alkanes of at least 4 members (excludes halogenated alkanes) is 1. The molecule has 1 aromatic carbocycles. The number of amides is 3. The summed E-state index contributed by atoms with van der Waals surface area (Å²) >= 11 is 1.33. The van der Waals surface area contributed by atoms with Gasteiger partial charge in [0, 0.05) is 31.1 Å². The Hall–Kier alpha value is -2.48. The third-order valence-corrected chi connectivity index (χ3v) is 5.35. The summed E-state index contributed by atoms with van der Waals surface area (Å²) in [7, 11) is 0. The van der Waals surface area contributed by atoms with Crippen molar-refractivity contribution in [3.05, 3.63) is 30.3 Å². The summed E-state index contributed by atoms with van der Waals surface area (Å²) < 4.78 is 0. The Balaban J connectivity index is 1.88. The number of anilines is 1. The van der Waals surface area contributed by atoms with Gasteiger partial charge in [0.25, 0.3) is 0 Å². The standard InChI is InChI=1S/C20H29N5O2S/c1-4-6-13-21-20(27)25(15(3)5-2)14-12-17(26)22-19-24-23-18(28-19)16-10-8-7-9-11-16/h7-11,15H,4-6,12-14H2,1-3H3,(H,21,27)(H,22,24,26). The van der Waals surface area contributed by atoms with Crippen LogP contribution in [-0.2, 0) is 4.79 Å². The number of nitrogens with zero attached hydrogens (tertiary/aromatic N) is 3. The van der Waals surface area contributed by atoms with Crippen LogP contribution in [0.15, 0.2) is 30.3 Å². The fourth-order valence-electron chi connectivity index (χ4n) is 2.59. The largest absolute Gasteiger partial charge is 0.338 e. The van der Waals surface area contributed by atoms with Crippen LogP contribution in [0.2, 0.25) is 0 Å². The van der Waals surface area contributed by atoms with Crippen molar-refractivity contribution in [3.63, 3.8) is 0 Å². The van der Waals surface area contributed by atoms with Crippen molar-refractivity contribution < 1.29 is 9.59 Å². The van der Waals surface area contributed by atoms with Gasteiger partial charge in [-0.25, -0.2) is 4.79 Å². The highest BCUT2D eigenvalue weighted by molar-refractivity contribution is 7.18. The zero-order chi connectivity index (χ0) is 20.4. The van der Waals surface area contributed by atoms with Crippen LogP contribution in [-0.4, -0.2) is 46.2 Å². The van der Waals surface area contributed by atoms with E-state index in [1.54, 1.807) is 4.90 Å². The van der Waals surface area contributed by atoms with Gasteiger partial charge in [-0.1, -0.05) is 61.9 Å². The molecule has 3 amide bonds. The lowest BCUT2D eigenvalue weighted by Crippen LogP contribution is -2.46. The summed E-state index contributed by atoms with van der Waals surface area (Å²) in [5, 5.41) is 15.1. The molecule has 2 N–H and O–H groups in total. The van der Waals surface area contributed by atoms with Crippen LogP contribution < -0.4 is 10.6 Å². The minimum Gasteiger partial charge on any atom is -0.338 e. The van der Waals surface area contributed by atoms with E-state index in [2.05, 4.69) is 27.8 Å². The highest BCUT2D eigenvalue weighted by Crippen LogP contribution is 2.25. The highest BCUT2D eigenvalue weighted by Gasteiger charge is 2.20. The van der Waals surface area contributed by atoms with E-state index in [4.69, 9.17) is 0 Å². The Labute approximate surface area is 170 Å². The van der Waals surface area contributed by atoms with Gasteiger partial charge in [-0.3, -0.25) is 4.79 Å². The smallest absolute Gasteiger partial charge is 0.317 e. The van der Waals surface area contributed by atoms with Crippen LogP contribution in [0.1, 0.15) is 46.5 Å². The van der Waals surface area contributed by atoms with Gasteiger partial charge in [-0.2, -0.15) is 0 Å². The Morgan fingerprint density at radius 2 is 1.93 bits per heavy atom. The first kappa shape index (κ1) is 21.8. The number of carbonyl (C=O) groups is 2. The SMILES string of the molecule is CCCCNC(=O)N(CCC(=O)Nc1nnc(-c2ccccc2)s1)C(C)CC. The molecule has 152 valence electrons. The van der Waals surface area contributed by atoms with E-state index in [9.17, 15) is 9.59 Å². The van der Waals surface area contributed by atoms with Gasteiger partial charge < -0.3 is 15.5 Å². The van der Waals surface area contributed by atoms with E-state index in [1.165, 1.54) is 11.3 Å². The first-order valence-electron chi connectivity index (χ1n) is 9.78. The topological polar surface area (TPSA) is 87.2 Å². The second kappa shape index (κ2) is 11.4. The lowest BCUT2D eigenvalue weighted by molar-refractivity contribution is -0.116. The van der Waals surface area contributed by atoms with Gasteiger partial charge in [0.1, 0.15) is 5.01 Å². The molecule has 0 spiro atoms. The predicted molar refractivity (Wildman–Crippen MR) is 113 cm³/mol. The fraction of sp³-hybridized carbons (Fsp3) is 0.500. The molecule has 8 heteroatoms. The molecule has 0 fully saturated rings. The minimum absolute atomic E-state index is 0.0700. The quantitative estimate of drug-likeness (QED) is 0.584. The third-order valence-electron chi connectivity index (χ3n) is 4.46. The monoisotopic (exact) mass is 403 g/mol. The molecule has 1 atom stereocenters. The van der Waals surface area contributed by atoms with E-state index in [-0.39, 0.29) is 24.4 Å². The van der Waals surface area contributed by atoms with Crippen molar-refractivity contribution in [1.29, 1.82) is 0 Å². The molecular weight excluding hydrogens is 374 g/mol. The summed E-state index contributed by atoms with van der Waals surface area (Å²) in [4.78, 5) is 26.5. The average molecular weight is 404 g/mol. The van der Waals surface area contributed by atoms with Gasteiger partial charge in [-0.15, -0.1) is 10.2 Å². The molecule has 0 aliphatic heterocycles. The maximum absolute atomic E-state index is 12.4. The molecule has 0 saturated carbocycles. The fourth-order valence-corrected chi connectivity index (χ4v) is 3.36. The summed E-state index contributed by atoms with van der Waals surface area (Å²) in [5.41, 5.74) is 0.965. The van der Waals surface area contributed by atoms with Crippen molar-refractivity contribution in [1.82, 2.24) is 20.4 Å². The Morgan fingerprint density at radius 3 is 2.61 bits per heavy atom. The molecule has 0 radical (unpaired) electrons. The van der Waals surface area contributed by atoms with E-state index in [0.29, 0.717) is 18.2 Å². The zero-order valence-electron chi connectivity index (χ0n) is 16.8. The van der Waals surface area contributed by atoms with Crippen LogP contribution in [0.3, 0.4) is 0 Å². The number of hydrogen-bond donors (Lipinski definition) is 2. The van der Waals surface area contributed by atoms with E-state index >= 15 is 0 Å². The molecule has 1 unspecified atom stereocenters. The molecule has 2 aromatic rings. The summed E-state index contributed by atoms with van der Waals surface area (Å²) in [6, 6.07) is 9.67. The molecular formula is C20H29N5O2S. The highest BCUT2D eigenvalue weighted by atomic mass is 32.1. The molecule has 2 rings (SSSR count). The molecule has 1 heterocycles. The number of carbonyl (C=O) groups excluding carboxylic acids is 2. The Morgan fingerprint density at radius 1 is 1.18 bits per heavy atom. The van der Waals surface area contributed by atoms with E-state index < -0.39 is 0 Å². The molecule has 28 heavy (non-hydrogen) atoms. The van der Waals surface area contributed by atoms with Gasteiger partial charge >= 0.3 is 6.03 Å². The molecule has 0 bridgehead atoms. The summed E-state index contributed by atoms with van der Waals surface area (Å²) in [6.07, 6.45) is 3.02. The van der Waals surface area contributed by atoms with Gasteiger partial charge in [-0.05, 0) is 19.8 Å². The van der Waals surface area contributed by atoms with Crippen LogP contribution in [0.4, 0.5) is 9.93 Å². The lowest BCUT2D eigenvalue weighted by Gasteiger charge is -2.28. The second-order valence-corrected chi connectivity index (χ2v) is 7.59. The molecule has 1 aromatic heterocycles. The normalized spacial score (nSPS) is 11.7. The average Bonchev–Trinajstić information content (AvgIpc) is 3.17. The number of hydrogen-bond acceptors (Lipinski definition) is 5.